The molecule has 0 amide bonds. The predicted octanol–water partition coefficient (Wildman–Crippen LogP) is 2.82. The third-order valence-corrected chi connectivity index (χ3v) is 3.37. The average Bonchev–Trinajstić information content (AvgIpc) is 2.63. The first-order valence-electron chi connectivity index (χ1n) is 6.02. The highest BCUT2D eigenvalue weighted by atomic mass is 14.8. The van der Waals surface area contributed by atoms with Crippen molar-refractivity contribution < 1.29 is 0 Å². The molecule has 2 unspecified atom stereocenters. The van der Waals surface area contributed by atoms with Gasteiger partial charge in [-0.05, 0) is 44.2 Å². The highest BCUT2D eigenvalue weighted by molar-refractivity contribution is 4.85. The Labute approximate surface area is 88.7 Å². The van der Waals surface area contributed by atoms with E-state index in [9.17, 15) is 0 Å². The molecule has 1 heteroatoms. The largest absolute Gasteiger partial charge is 0.317 e. The molecular weight excluding hydrogens is 170 g/mol. The summed E-state index contributed by atoms with van der Waals surface area (Å²) >= 11 is 0. The molecule has 0 bridgehead atoms. The summed E-state index contributed by atoms with van der Waals surface area (Å²) in [7, 11) is 0. The molecule has 0 spiro atoms. The predicted molar refractivity (Wildman–Crippen MR) is 62.1 cm³/mol. The van der Waals surface area contributed by atoms with Gasteiger partial charge in [0.05, 0.1) is 0 Å². The first-order valence-corrected chi connectivity index (χ1v) is 6.02. The number of hydrogen-bond acceptors (Lipinski definition) is 1. The normalized spacial score (nSPS) is 26.3. The van der Waals surface area contributed by atoms with Gasteiger partial charge in [0.2, 0.25) is 0 Å². The zero-order valence-corrected chi connectivity index (χ0v) is 9.39. The molecule has 0 radical (unpaired) electrons. The molecule has 1 saturated carbocycles. The van der Waals surface area contributed by atoms with Gasteiger partial charge in [-0.3, -0.25) is 0 Å². The number of nitrogens with one attached hydrogen (secondary N) is 1. The molecule has 0 heterocycles. The summed E-state index contributed by atoms with van der Waals surface area (Å²) in [5.74, 6) is 4.60. The smallest absolute Gasteiger partial charge is 0.00861 e. The van der Waals surface area contributed by atoms with Crippen LogP contribution in [0.2, 0.25) is 0 Å². The monoisotopic (exact) mass is 193 g/mol. The Hall–Kier alpha value is -0.480. The van der Waals surface area contributed by atoms with Crippen LogP contribution < -0.4 is 5.32 Å². The van der Waals surface area contributed by atoms with Crippen LogP contribution in [-0.4, -0.2) is 13.1 Å². The summed E-state index contributed by atoms with van der Waals surface area (Å²) < 4.78 is 0. The van der Waals surface area contributed by atoms with Gasteiger partial charge < -0.3 is 5.32 Å². The van der Waals surface area contributed by atoms with Gasteiger partial charge in [-0.1, -0.05) is 19.8 Å². The minimum absolute atomic E-state index is 0.924. The van der Waals surface area contributed by atoms with Crippen LogP contribution in [0, 0.1) is 24.2 Å². The average molecular weight is 193 g/mol. The van der Waals surface area contributed by atoms with Crippen molar-refractivity contribution in [3.8, 4) is 12.3 Å². The van der Waals surface area contributed by atoms with Crippen molar-refractivity contribution in [3.63, 3.8) is 0 Å². The SMILES string of the molecule is C#CCCCC1CCCC1CNCC. The first-order chi connectivity index (χ1) is 6.88. The van der Waals surface area contributed by atoms with Gasteiger partial charge in [-0.2, -0.15) is 0 Å². The molecule has 14 heavy (non-hydrogen) atoms. The Morgan fingerprint density at radius 1 is 1.36 bits per heavy atom. The second-order valence-corrected chi connectivity index (χ2v) is 4.36. The van der Waals surface area contributed by atoms with E-state index in [-0.39, 0.29) is 0 Å². The molecule has 0 aliphatic heterocycles. The van der Waals surface area contributed by atoms with Crippen molar-refractivity contribution in [2.75, 3.05) is 13.1 Å². The Bertz CT molecular complexity index is 180. The zero-order chi connectivity index (χ0) is 10.2. The number of unbranched alkanes of at least 4 members (excludes halogenated alkanes) is 1. The Morgan fingerprint density at radius 3 is 2.86 bits per heavy atom. The van der Waals surface area contributed by atoms with Gasteiger partial charge in [-0.15, -0.1) is 12.3 Å². The highest BCUT2D eigenvalue weighted by Crippen LogP contribution is 2.34. The van der Waals surface area contributed by atoms with Crippen molar-refractivity contribution in [2.24, 2.45) is 11.8 Å². The molecule has 0 saturated heterocycles. The first kappa shape index (κ1) is 11.6. The lowest BCUT2D eigenvalue weighted by Crippen LogP contribution is -2.25. The number of hydrogen-bond donors (Lipinski definition) is 1. The molecule has 1 aliphatic carbocycles. The zero-order valence-electron chi connectivity index (χ0n) is 9.39. The molecule has 1 rings (SSSR count). The van der Waals surface area contributed by atoms with Gasteiger partial charge in [0.1, 0.15) is 0 Å². The van der Waals surface area contributed by atoms with Crippen LogP contribution in [0.1, 0.15) is 45.4 Å². The van der Waals surface area contributed by atoms with Gasteiger partial charge in [0.15, 0.2) is 0 Å². The fraction of sp³-hybridized carbons (Fsp3) is 0.846. The van der Waals surface area contributed by atoms with E-state index < -0.39 is 0 Å². The molecule has 0 aromatic carbocycles. The van der Waals surface area contributed by atoms with Crippen molar-refractivity contribution in [1.29, 1.82) is 0 Å². The van der Waals surface area contributed by atoms with Crippen molar-refractivity contribution in [2.45, 2.75) is 45.4 Å². The molecule has 80 valence electrons. The van der Waals surface area contributed by atoms with E-state index in [4.69, 9.17) is 6.42 Å². The van der Waals surface area contributed by atoms with E-state index in [2.05, 4.69) is 18.2 Å². The van der Waals surface area contributed by atoms with Gasteiger partial charge >= 0.3 is 0 Å². The number of rotatable bonds is 6. The fourth-order valence-electron chi connectivity index (χ4n) is 2.56. The summed E-state index contributed by atoms with van der Waals surface area (Å²) in [6.45, 7) is 4.51. The highest BCUT2D eigenvalue weighted by Gasteiger charge is 2.25. The topological polar surface area (TPSA) is 12.0 Å². The van der Waals surface area contributed by atoms with Crippen molar-refractivity contribution in [1.82, 2.24) is 5.32 Å². The summed E-state index contributed by atoms with van der Waals surface area (Å²) in [5.41, 5.74) is 0. The fourth-order valence-corrected chi connectivity index (χ4v) is 2.56. The van der Waals surface area contributed by atoms with Gasteiger partial charge in [0, 0.05) is 6.42 Å². The minimum Gasteiger partial charge on any atom is -0.317 e. The third-order valence-electron chi connectivity index (χ3n) is 3.37. The van der Waals surface area contributed by atoms with Gasteiger partial charge in [-0.25, -0.2) is 0 Å². The van der Waals surface area contributed by atoms with Crippen LogP contribution in [0.3, 0.4) is 0 Å². The minimum atomic E-state index is 0.924. The van der Waals surface area contributed by atoms with Crippen LogP contribution in [0.4, 0.5) is 0 Å². The second-order valence-electron chi connectivity index (χ2n) is 4.36. The molecule has 1 aliphatic rings. The molecule has 0 aromatic rings. The van der Waals surface area contributed by atoms with Crippen LogP contribution in [0.25, 0.3) is 0 Å². The van der Waals surface area contributed by atoms with Gasteiger partial charge in [0.25, 0.3) is 0 Å². The van der Waals surface area contributed by atoms with E-state index in [1.54, 1.807) is 0 Å². The molecule has 1 N–H and O–H groups in total. The van der Waals surface area contributed by atoms with Crippen LogP contribution in [0.15, 0.2) is 0 Å². The summed E-state index contributed by atoms with van der Waals surface area (Å²) in [6.07, 6.45) is 13.1. The molecule has 1 fully saturated rings. The quantitative estimate of drug-likeness (QED) is 0.505. The van der Waals surface area contributed by atoms with E-state index in [1.807, 2.05) is 0 Å². The van der Waals surface area contributed by atoms with E-state index >= 15 is 0 Å². The van der Waals surface area contributed by atoms with Crippen LogP contribution >= 0.6 is 0 Å². The molecule has 0 aromatic heterocycles. The lowest BCUT2D eigenvalue weighted by atomic mass is 9.91. The Balaban J connectivity index is 2.18. The number of terminal acetylenes is 1. The lowest BCUT2D eigenvalue weighted by Gasteiger charge is -2.19. The standard InChI is InChI=1S/C13H23N/c1-3-5-6-8-12-9-7-10-13(12)11-14-4-2/h1,12-14H,4-11H2,2H3. The lowest BCUT2D eigenvalue weighted by molar-refractivity contribution is 0.344. The maximum Gasteiger partial charge on any atom is 0.00861 e. The molecule has 2 atom stereocenters. The summed E-state index contributed by atoms with van der Waals surface area (Å²) in [5, 5.41) is 3.47. The molecule has 1 nitrogen and oxygen atoms in total. The maximum absolute atomic E-state index is 5.27. The van der Waals surface area contributed by atoms with Crippen LogP contribution in [0.5, 0.6) is 0 Å². The third kappa shape index (κ3) is 3.72. The molecular formula is C13H23N. The van der Waals surface area contributed by atoms with E-state index in [0.717, 1.165) is 24.8 Å². The van der Waals surface area contributed by atoms with E-state index in [0.29, 0.717) is 0 Å². The summed E-state index contributed by atoms with van der Waals surface area (Å²) in [6, 6.07) is 0. The second kappa shape index (κ2) is 6.90. The Kier molecular flexibility index (Phi) is 5.71. The van der Waals surface area contributed by atoms with Crippen LogP contribution in [-0.2, 0) is 0 Å². The maximum atomic E-state index is 5.27. The van der Waals surface area contributed by atoms with E-state index in [1.165, 1.54) is 38.6 Å². The van der Waals surface area contributed by atoms with Crippen molar-refractivity contribution in [3.05, 3.63) is 0 Å². The Morgan fingerprint density at radius 2 is 2.14 bits per heavy atom. The van der Waals surface area contributed by atoms with Crippen molar-refractivity contribution >= 4 is 0 Å². The summed E-state index contributed by atoms with van der Waals surface area (Å²) in [4.78, 5) is 0.